The van der Waals surface area contributed by atoms with E-state index in [1.54, 1.807) is 0 Å². The summed E-state index contributed by atoms with van der Waals surface area (Å²) < 4.78 is 10.9. The number of ether oxygens (including phenoxy) is 2. The van der Waals surface area contributed by atoms with Crippen molar-refractivity contribution in [1.82, 2.24) is 0 Å². The van der Waals surface area contributed by atoms with Crippen LogP contribution in [0.2, 0.25) is 0 Å². The van der Waals surface area contributed by atoms with E-state index < -0.39 is 11.0 Å². The fraction of sp³-hybridized carbons (Fsp3) is 0.889. The third-order valence-corrected chi connectivity index (χ3v) is 4.52. The standard InChI is InChI=1S/C18H32O4/c1-6-8-13-21-16(20)18(7-2)11-9-14(10-12-18)15(19)22-17(3,4)5/h14H,6-13H2,1-5H3. The first kappa shape index (κ1) is 19.0. The fourth-order valence-corrected chi connectivity index (χ4v) is 2.96. The van der Waals surface area contributed by atoms with Gasteiger partial charge in [-0.05, 0) is 59.3 Å². The van der Waals surface area contributed by atoms with E-state index in [0.717, 1.165) is 32.1 Å². The van der Waals surface area contributed by atoms with Crippen molar-refractivity contribution in [3.05, 3.63) is 0 Å². The van der Waals surface area contributed by atoms with Crippen molar-refractivity contribution < 1.29 is 19.1 Å². The molecule has 0 bridgehead atoms. The van der Waals surface area contributed by atoms with Gasteiger partial charge in [-0.2, -0.15) is 0 Å². The van der Waals surface area contributed by atoms with Crippen LogP contribution in [0.4, 0.5) is 0 Å². The van der Waals surface area contributed by atoms with Gasteiger partial charge in [0.1, 0.15) is 5.60 Å². The molecule has 1 fully saturated rings. The SMILES string of the molecule is CCCCOC(=O)C1(CC)CCC(C(=O)OC(C)(C)C)CC1. The van der Waals surface area contributed by atoms with Crippen LogP contribution in [0, 0.1) is 11.3 Å². The monoisotopic (exact) mass is 312 g/mol. The molecule has 0 saturated heterocycles. The quantitative estimate of drug-likeness (QED) is 0.543. The van der Waals surface area contributed by atoms with Gasteiger partial charge in [-0.1, -0.05) is 20.3 Å². The van der Waals surface area contributed by atoms with Gasteiger partial charge in [-0.3, -0.25) is 9.59 Å². The molecule has 0 amide bonds. The molecule has 22 heavy (non-hydrogen) atoms. The molecule has 1 saturated carbocycles. The van der Waals surface area contributed by atoms with Crippen LogP contribution in [0.15, 0.2) is 0 Å². The first-order chi connectivity index (χ1) is 10.2. The largest absolute Gasteiger partial charge is 0.465 e. The highest BCUT2D eigenvalue weighted by molar-refractivity contribution is 5.78. The molecule has 4 nitrogen and oxygen atoms in total. The number of rotatable bonds is 6. The summed E-state index contributed by atoms with van der Waals surface area (Å²) in [5, 5.41) is 0. The lowest BCUT2D eigenvalue weighted by Crippen LogP contribution is -2.39. The molecule has 1 aliphatic carbocycles. The number of carbonyl (C=O) groups is 2. The molecule has 1 rings (SSSR count). The highest BCUT2D eigenvalue weighted by atomic mass is 16.6. The molecule has 0 atom stereocenters. The molecule has 1 aliphatic rings. The van der Waals surface area contributed by atoms with Crippen LogP contribution in [0.1, 0.15) is 79.6 Å². The molecule has 0 unspecified atom stereocenters. The van der Waals surface area contributed by atoms with Crippen LogP contribution in [0.3, 0.4) is 0 Å². The molecule has 0 N–H and O–H groups in total. The van der Waals surface area contributed by atoms with Crippen LogP contribution >= 0.6 is 0 Å². The molecule has 0 aromatic heterocycles. The van der Waals surface area contributed by atoms with E-state index in [4.69, 9.17) is 9.47 Å². The third kappa shape index (κ3) is 5.29. The van der Waals surface area contributed by atoms with E-state index in [2.05, 4.69) is 6.92 Å². The van der Waals surface area contributed by atoms with Crippen molar-refractivity contribution in [3.63, 3.8) is 0 Å². The Hall–Kier alpha value is -1.06. The van der Waals surface area contributed by atoms with Crippen LogP contribution in [0.25, 0.3) is 0 Å². The zero-order valence-corrected chi connectivity index (χ0v) is 14.9. The number of carbonyl (C=O) groups excluding carboxylic acids is 2. The molecular formula is C18H32O4. The predicted octanol–water partition coefficient (Wildman–Crippen LogP) is 4.26. The van der Waals surface area contributed by atoms with E-state index in [9.17, 15) is 9.59 Å². The summed E-state index contributed by atoms with van der Waals surface area (Å²) in [5.41, 5.74) is -0.846. The third-order valence-electron chi connectivity index (χ3n) is 4.52. The molecule has 0 aromatic carbocycles. The lowest BCUT2D eigenvalue weighted by atomic mass is 9.69. The van der Waals surface area contributed by atoms with Crippen LogP contribution in [-0.2, 0) is 19.1 Å². The lowest BCUT2D eigenvalue weighted by Gasteiger charge is -2.37. The second kappa shape index (κ2) is 7.98. The van der Waals surface area contributed by atoms with E-state index in [1.807, 2.05) is 27.7 Å². The van der Waals surface area contributed by atoms with Crippen LogP contribution in [-0.4, -0.2) is 24.1 Å². The Bertz CT molecular complexity index is 373. The maximum absolute atomic E-state index is 12.4. The number of esters is 2. The van der Waals surface area contributed by atoms with E-state index >= 15 is 0 Å². The molecule has 0 aliphatic heterocycles. The van der Waals surface area contributed by atoms with Gasteiger partial charge < -0.3 is 9.47 Å². The molecule has 0 spiro atoms. The molecular weight excluding hydrogens is 280 g/mol. The normalized spacial score (nSPS) is 25.6. The van der Waals surface area contributed by atoms with Crippen LogP contribution < -0.4 is 0 Å². The van der Waals surface area contributed by atoms with Gasteiger partial charge in [0, 0.05) is 0 Å². The zero-order valence-electron chi connectivity index (χ0n) is 14.9. The summed E-state index contributed by atoms with van der Waals surface area (Å²) in [4.78, 5) is 24.5. The molecule has 4 heteroatoms. The Morgan fingerprint density at radius 2 is 1.73 bits per heavy atom. The minimum atomic E-state index is -0.449. The van der Waals surface area contributed by atoms with Gasteiger partial charge in [0.05, 0.1) is 17.9 Å². The topological polar surface area (TPSA) is 52.6 Å². The van der Waals surface area contributed by atoms with Gasteiger partial charge in [-0.15, -0.1) is 0 Å². The number of hydrogen-bond acceptors (Lipinski definition) is 4. The highest BCUT2D eigenvalue weighted by Crippen LogP contribution is 2.43. The second-order valence-corrected chi connectivity index (χ2v) is 7.43. The van der Waals surface area contributed by atoms with E-state index in [-0.39, 0.29) is 17.9 Å². The predicted molar refractivity (Wildman–Crippen MR) is 86.4 cm³/mol. The number of unbranched alkanes of at least 4 members (excludes halogenated alkanes) is 1. The Balaban J connectivity index is 2.56. The second-order valence-electron chi connectivity index (χ2n) is 7.43. The van der Waals surface area contributed by atoms with Gasteiger partial charge in [0.2, 0.25) is 0 Å². The van der Waals surface area contributed by atoms with Gasteiger partial charge >= 0.3 is 11.9 Å². The molecule has 128 valence electrons. The van der Waals surface area contributed by atoms with Gasteiger partial charge in [0.25, 0.3) is 0 Å². The maximum atomic E-state index is 12.4. The van der Waals surface area contributed by atoms with Crippen molar-refractivity contribution in [1.29, 1.82) is 0 Å². The smallest absolute Gasteiger partial charge is 0.312 e. The average Bonchev–Trinajstić information content (AvgIpc) is 2.45. The van der Waals surface area contributed by atoms with Crippen molar-refractivity contribution in [2.75, 3.05) is 6.61 Å². The fourth-order valence-electron chi connectivity index (χ4n) is 2.96. The highest BCUT2D eigenvalue weighted by Gasteiger charge is 2.43. The minimum absolute atomic E-state index is 0.0777. The lowest BCUT2D eigenvalue weighted by molar-refractivity contribution is -0.167. The van der Waals surface area contributed by atoms with E-state index in [0.29, 0.717) is 19.4 Å². The summed E-state index contributed by atoms with van der Waals surface area (Å²) in [7, 11) is 0. The van der Waals surface area contributed by atoms with Gasteiger partial charge in [-0.25, -0.2) is 0 Å². The molecule has 0 radical (unpaired) electrons. The first-order valence-electron chi connectivity index (χ1n) is 8.64. The van der Waals surface area contributed by atoms with Gasteiger partial charge in [0.15, 0.2) is 0 Å². The van der Waals surface area contributed by atoms with Crippen molar-refractivity contribution in [2.24, 2.45) is 11.3 Å². The summed E-state index contributed by atoms with van der Waals surface area (Å²) in [6.07, 6.45) is 5.58. The Kier molecular flexibility index (Phi) is 6.89. The first-order valence-corrected chi connectivity index (χ1v) is 8.64. The van der Waals surface area contributed by atoms with Crippen molar-refractivity contribution >= 4 is 11.9 Å². The van der Waals surface area contributed by atoms with Crippen LogP contribution in [0.5, 0.6) is 0 Å². The van der Waals surface area contributed by atoms with E-state index in [1.165, 1.54) is 0 Å². The number of hydrogen-bond donors (Lipinski definition) is 0. The Morgan fingerprint density at radius 3 is 2.18 bits per heavy atom. The molecule has 0 heterocycles. The summed E-state index contributed by atoms with van der Waals surface area (Å²) in [6.45, 7) is 10.3. The van der Waals surface area contributed by atoms with Crippen molar-refractivity contribution in [3.8, 4) is 0 Å². The minimum Gasteiger partial charge on any atom is -0.465 e. The molecule has 0 aromatic rings. The summed E-state index contributed by atoms with van der Waals surface area (Å²) in [6, 6.07) is 0. The Labute approximate surface area is 134 Å². The maximum Gasteiger partial charge on any atom is 0.312 e. The summed E-state index contributed by atoms with van der Waals surface area (Å²) in [5.74, 6) is -0.287. The Morgan fingerprint density at radius 1 is 1.14 bits per heavy atom. The van der Waals surface area contributed by atoms with Crippen molar-refractivity contribution in [2.45, 2.75) is 85.2 Å². The zero-order chi connectivity index (χ0) is 16.8. The average molecular weight is 312 g/mol. The summed E-state index contributed by atoms with van der Waals surface area (Å²) >= 11 is 0.